The number of benzene rings is 1. The molecule has 0 fully saturated rings. The Kier molecular flexibility index (Phi) is 5.17. The summed E-state index contributed by atoms with van der Waals surface area (Å²) in [5.74, 6) is -0.487. The molecule has 1 unspecified atom stereocenters. The molecule has 18 heavy (non-hydrogen) atoms. The lowest BCUT2D eigenvalue weighted by Crippen LogP contribution is -2.40. The highest BCUT2D eigenvalue weighted by Gasteiger charge is 2.15. The second-order valence-electron chi connectivity index (χ2n) is 3.83. The first-order chi connectivity index (χ1) is 8.58. The van der Waals surface area contributed by atoms with Crippen molar-refractivity contribution in [3.8, 4) is 5.75 Å². The first kappa shape index (κ1) is 14.0. The van der Waals surface area contributed by atoms with Gasteiger partial charge in [0.05, 0.1) is 13.2 Å². The van der Waals surface area contributed by atoms with Crippen molar-refractivity contribution in [3.63, 3.8) is 0 Å². The molecule has 0 bridgehead atoms. The number of methoxy groups -OCH3 is 1. The number of carbonyl (C=O) groups excluding carboxylic acids is 2. The zero-order valence-corrected chi connectivity index (χ0v) is 10.8. The summed E-state index contributed by atoms with van der Waals surface area (Å²) in [5, 5.41) is 5.08. The van der Waals surface area contributed by atoms with Gasteiger partial charge in [-0.15, -0.1) is 0 Å². The third kappa shape index (κ3) is 3.76. The van der Waals surface area contributed by atoms with E-state index in [1.54, 1.807) is 14.0 Å². The smallest absolute Gasteiger partial charge is 0.309 e. The van der Waals surface area contributed by atoms with Crippen LogP contribution in [-0.2, 0) is 9.59 Å². The molecule has 2 amide bonds. The monoisotopic (exact) mass is 250 g/mol. The second-order valence-corrected chi connectivity index (χ2v) is 3.83. The molecule has 5 heteroatoms. The molecule has 5 nitrogen and oxygen atoms in total. The van der Waals surface area contributed by atoms with Crippen LogP contribution in [0.2, 0.25) is 0 Å². The Morgan fingerprint density at radius 2 is 1.83 bits per heavy atom. The van der Waals surface area contributed by atoms with E-state index in [-0.39, 0.29) is 6.04 Å². The minimum absolute atomic E-state index is 0.231. The van der Waals surface area contributed by atoms with E-state index >= 15 is 0 Å². The van der Waals surface area contributed by atoms with E-state index in [4.69, 9.17) is 4.74 Å². The van der Waals surface area contributed by atoms with E-state index in [2.05, 4.69) is 10.6 Å². The van der Waals surface area contributed by atoms with Gasteiger partial charge in [-0.3, -0.25) is 9.59 Å². The van der Waals surface area contributed by atoms with E-state index in [1.165, 1.54) is 0 Å². The van der Waals surface area contributed by atoms with Crippen LogP contribution in [0, 0.1) is 0 Å². The third-order valence-electron chi connectivity index (χ3n) is 2.51. The predicted molar refractivity (Wildman–Crippen MR) is 68.2 cm³/mol. The molecular weight excluding hydrogens is 232 g/mol. The van der Waals surface area contributed by atoms with Crippen LogP contribution >= 0.6 is 0 Å². The van der Waals surface area contributed by atoms with Crippen molar-refractivity contribution in [1.82, 2.24) is 10.6 Å². The fraction of sp³-hybridized carbons (Fsp3) is 0.385. The van der Waals surface area contributed by atoms with E-state index < -0.39 is 11.8 Å². The molecule has 1 aromatic carbocycles. The Labute approximate surface area is 107 Å². The molecule has 0 heterocycles. The summed E-state index contributed by atoms with van der Waals surface area (Å²) >= 11 is 0. The number of carbonyl (C=O) groups is 2. The molecule has 0 aliphatic heterocycles. The molecule has 0 radical (unpaired) electrons. The molecule has 0 aliphatic carbocycles. The SMILES string of the molecule is CCNC(=O)C(=O)NC(C)c1ccc(OC)cc1. The largest absolute Gasteiger partial charge is 0.497 e. The number of ether oxygens (including phenoxy) is 1. The highest BCUT2D eigenvalue weighted by molar-refractivity contribution is 6.35. The number of hydrogen-bond donors (Lipinski definition) is 2. The summed E-state index contributed by atoms with van der Waals surface area (Å²) in [6.07, 6.45) is 0. The Bertz CT molecular complexity index is 415. The molecule has 0 aromatic heterocycles. The molecule has 1 rings (SSSR count). The van der Waals surface area contributed by atoms with Gasteiger partial charge in [0.15, 0.2) is 0 Å². The van der Waals surface area contributed by atoms with E-state index in [1.807, 2.05) is 31.2 Å². The van der Waals surface area contributed by atoms with Gasteiger partial charge in [-0.05, 0) is 31.5 Å². The minimum atomic E-state index is -0.625. The summed E-state index contributed by atoms with van der Waals surface area (Å²) in [6, 6.07) is 7.09. The average Bonchev–Trinajstić information content (AvgIpc) is 2.39. The van der Waals surface area contributed by atoms with Crippen molar-refractivity contribution in [2.45, 2.75) is 19.9 Å². The predicted octanol–water partition coefficient (Wildman–Crippen LogP) is 1.01. The second kappa shape index (κ2) is 6.64. The zero-order valence-electron chi connectivity index (χ0n) is 10.8. The van der Waals surface area contributed by atoms with Crippen LogP contribution in [0.1, 0.15) is 25.5 Å². The molecule has 0 saturated carbocycles. The standard InChI is InChI=1S/C13H18N2O3/c1-4-14-12(16)13(17)15-9(2)10-5-7-11(18-3)8-6-10/h5-9H,4H2,1-3H3,(H,14,16)(H,15,17). The normalized spacial score (nSPS) is 11.5. The Balaban J connectivity index is 2.61. The van der Waals surface area contributed by atoms with Gasteiger partial charge < -0.3 is 15.4 Å². The zero-order chi connectivity index (χ0) is 13.5. The number of amides is 2. The molecular formula is C13H18N2O3. The summed E-state index contributed by atoms with van der Waals surface area (Å²) < 4.78 is 5.05. The van der Waals surface area contributed by atoms with Gasteiger partial charge in [-0.2, -0.15) is 0 Å². The van der Waals surface area contributed by atoms with Gasteiger partial charge in [-0.1, -0.05) is 12.1 Å². The maximum atomic E-state index is 11.5. The van der Waals surface area contributed by atoms with E-state index in [0.29, 0.717) is 6.54 Å². The lowest BCUT2D eigenvalue weighted by Gasteiger charge is -2.14. The lowest BCUT2D eigenvalue weighted by atomic mass is 10.1. The number of rotatable bonds is 4. The number of nitrogens with one attached hydrogen (secondary N) is 2. The van der Waals surface area contributed by atoms with Crippen molar-refractivity contribution in [3.05, 3.63) is 29.8 Å². The van der Waals surface area contributed by atoms with Crippen LogP contribution in [0.5, 0.6) is 5.75 Å². The molecule has 98 valence electrons. The van der Waals surface area contributed by atoms with Gasteiger partial charge in [0.25, 0.3) is 0 Å². The van der Waals surface area contributed by atoms with Gasteiger partial charge in [0.2, 0.25) is 0 Å². The highest BCUT2D eigenvalue weighted by Crippen LogP contribution is 2.16. The van der Waals surface area contributed by atoms with Crippen molar-refractivity contribution in [1.29, 1.82) is 0 Å². The maximum absolute atomic E-state index is 11.5. The fourth-order valence-electron chi connectivity index (χ4n) is 1.48. The number of hydrogen-bond acceptors (Lipinski definition) is 3. The van der Waals surface area contributed by atoms with Gasteiger partial charge in [-0.25, -0.2) is 0 Å². The van der Waals surface area contributed by atoms with Gasteiger partial charge in [0.1, 0.15) is 5.75 Å². The Hall–Kier alpha value is -2.04. The summed E-state index contributed by atoms with van der Waals surface area (Å²) in [5.41, 5.74) is 0.911. The summed E-state index contributed by atoms with van der Waals surface area (Å²) in [7, 11) is 1.59. The molecule has 2 N–H and O–H groups in total. The summed E-state index contributed by atoms with van der Waals surface area (Å²) in [6.45, 7) is 4.01. The van der Waals surface area contributed by atoms with Crippen LogP contribution < -0.4 is 15.4 Å². The lowest BCUT2D eigenvalue weighted by molar-refractivity contribution is -0.139. The average molecular weight is 250 g/mol. The molecule has 1 aromatic rings. The first-order valence-electron chi connectivity index (χ1n) is 5.81. The van der Waals surface area contributed by atoms with Gasteiger partial charge >= 0.3 is 11.8 Å². The quantitative estimate of drug-likeness (QED) is 0.784. The third-order valence-corrected chi connectivity index (χ3v) is 2.51. The molecule has 0 aliphatic rings. The Morgan fingerprint density at radius 3 is 2.33 bits per heavy atom. The van der Waals surface area contributed by atoms with Crippen LogP contribution in [0.4, 0.5) is 0 Å². The van der Waals surface area contributed by atoms with Crippen molar-refractivity contribution >= 4 is 11.8 Å². The molecule has 1 atom stereocenters. The summed E-state index contributed by atoms with van der Waals surface area (Å²) in [4.78, 5) is 22.8. The minimum Gasteiger partial charge on any atom is -0.497 e. The van der Waals surface area contributed by atoms with Crippen LogP contribution in [-0.4, -0.2) is 25.5 Å². The van der Waals surface area contributed by atoms with Gasteiger partial charge in [0, 0.05) is 6.54 Å². The van der Waals surface area contributed by atoms with Crippen molar-refractivity contribution in [2.24, 2.45) is 0 Å². The molecule has 0 saturated heterocycles. The molecule has 0 spiro atoms. The Morgan fingerprint density at radius 1 is 1.22 bits per heavy atom. The van der Waals surface area contributed by atoms with Crippen LogP contribution in [0.15, 0.2) is 24.3 Å². The van der Waals surface area contributed by atoms with Crippen molar-refractivity contribution in [2.75, 3.05) is 13.7 Å². The van der Waals surface area contributed by atoms with Crippen LogP contribution in [0.3, 0.4) is 0 Å². The van der Waals surface area contributed by atoms with Crippen molar-refractivity contribution < 1.29 is 14.3 Å². The van der Waals surface area contributed by atoms with E-state index in [9.17, 15) is 9.59 Å². The maximum Gasteiger partial charge on any atom is 0.309 e. The topological polar surface area (TPSA) is 67.4 Å². The number of likely N-dealkylation sites (N-methyl/N-ethyl adjacent to an activating group) is 1. The van der Waals surface area contributed by atoms with Crippen LogP contribution in [0.25, 0.3) is 0 Å². The first-order valence-corrected chi connectivity index (χ1v) is 5.81. The van der Waals surface area contributed by atoms with E-state index in [0.717, 1.165) is 11.3 Å². The fourth-order valence-corrected chi connectivity index (χ4v) is 1.48. The highest BCUT2D eigenvalue weighted by atomic mass is 16.5.